The summed E-state index contributed by atoms with van der Waals surface area (Å²) in [7, 11) is -3.83. The number of carbonyl (C=O) groups excluding carboxylic acids is 1. The van der Waals surface area contributed by atoms with Crippen molar-refractivity contribution in [3.05, 3.63) is 88.7 Å². The van der Waals surface area contributed by atoms with Crippen molar-refractivity contribution in [3.8, 4) is 11.1 Å². The van der Waals surface area contributed by atoms with Gasteiger partial charge in [0, 0.05) is 5.69 Å². The molecule has 2 N–H and O–H groups in total. The van der Waals surface area contributed by atoms with Gasteiger partial charge in [0.25, 0.3) is 5.91 Å². The molecular weight excluding hydrogens is 475 g/mol. The van der Waals surface area contributed by atoms with Crippen molar-refractivity contribution in [1.29, 1.82) is 0 Å². The Morgan fingerprint density at radius 3 is 2.31 bits per heavy atom. The minimum absolute atomic E-state index is 0.0837. The van der Waals surface area contributed by atoms with Crippen LogP contribution in [0.3, 0.4) is 0 Å². The van der Waals surface area contributed by atoms with Crippen LogP contribution >= 0.6 is 0 Å². The minimum atomic E-state index is -3.83. The summed E-state index contributed by atoms with van der Waals surface area (Å²) in [5.74, 6) is -1.70. The van der Waals surface area contributed by atoms with Crippen molar-refractivity contribution in [2.24, 2.45) is 5.41 Å². The maximum Gasteiger partial charge on any atom is 0.268 e. The van der Waals surface area contributed by atoms with Crippen molar-refractivity contribution in [3.63, 3.8) is 0 Å². The van der Waals surface area contributed by atoms with Gasteiger partial charge in [-0.1, -0.05) is 77.1 Å². The summed E-state index contributed by atoms with van der Waals surface area (Å²) in [5, 5.41) is 3.50. The SMILES string of the molecule is CC(C)(C)c1ccc(-c2cccc(C3Nc4ccc(F)c(C(=O)NS(C)(=O)=O)c4CC3(C)C)c2)cc1. The highest BCUT2D eigenvalue weighted by Gasteiger charge is 2.38. The highest BCUT2D eigenvalue weighted by Crippen LogP contribution is 2.46. The lowest BCUT2D eigenvalue weighted by Gasteiger charge is -2.42. The van der Waals surface area contributed by atoms with E-state index in [1.54, 1.807) is 6.07 Å². The second-order valence-corrected chi connectivity index (χ2v) is 13.1. The summed E-state index contributed by atoms with van der Waals surface area (Å²) in [4.78, 5) is 12.6. The maximum absolute atomic E-state index is 14.7. The van der Waals surface area contributed by atoms with Crippen LogP contribution in [0.1, 0.15) is 67.7 Å². The normalized spacial score (nSPS) is 17.1. The molecule has 0 aromatic heterocycles. The van der Waals surface area contributed by atoms with Gasteiger partial charge in [0.15, 0.2) is 0 Å². The molecule has 1 amide bonds. The molecule has 190 valence electrons. The molecule has 36 heavy (non-hydrogen) atoms. The lowest BCUT2D eigenvalue weighted by atomic mass is 9.71. The Labute approximate surface area is 213 Å². The molecule has 1 heterocycles. The van der Waals surface area contributed by atoms with E-state index in [0.717, 1.165) is 22.9 Å². The van der Waals surface area contributed by atoms with Crippen LogP contribution in [0.5, 0.6) is 0 Å². The number of benzene rings is 3. The van der Waals surface area contributed by atoms with Crippen molar-refractivity contribution < 1.29 is 17.6 Å². The molecule has 1 unspecified atom stereocenters. The van der Waals surface area contributed by atoms with E-state index in [2.05, 4.69) is 82.4 Å². The first-order valence-corrected chi connectivity index (χ1v) is 13.9. The van der Waals surface area contributed by atoms with E-state index in [0.29, 0.717) is 17.7 Å². The number of carbonyl (C=O) groups is 1. The molecule has 0 fully saturated rings. The van der Waals surface area contributed by atoms with Crippen LogP contribution in [-0.4, -0.2) is 20.6 Å². The van der Waals surface area contributed by atoms with Crippen LogP contribution in [0.4, 0.5) is 10.1 Å². The molecule has 1 aliphatic heterocycles. The maximum atomic E-state index is 14.7. The number of fused-ring (bicyclic) bond motifs is 1. The molecule has 3 aromatic carbocycles. The second kappa shape index (κ2) is 9.04. The molecule has 1 aliphatic rings. The standard InChI is InChI=1S/C29H33FN2O3S/c1-28(2,3)21-12-10-18(11-13-21)19-8-7-9-20(16-19)26-29(4,5)17-22-24(31-26)15-14-23(30)25(22)27(33)32-36(6,34)35/h7-16,26,31H,17H2,1-6H3,(H,32,33). The van der Waals surface area contributed by atoms with E-state index in [4.69, 9.17) is 0 Å². The van der Waals surface area contributed by atoms with Crippen LogP contribution in [0.2, 0.25) is 0 Å². The van der Waals surface area contributed by atoms with Gasteiger partial charge >= 0.3 is 0 Å². The molecule has 0 radical (unpaired) electrons. The predicted octanol–water partition coefficient (Wildman–Crippen LogP) is 6.22. The zero-order valence-electron chi connectivity index (χ0n) is 21.6. The van der Waals surface area contributed by atoms with E-state index in [-0.39, 0.29) is 17.0 Å². The van der Waals surface area contributed by atoms with Gasteiger partial charge in [0.2, 0.25) is 10.0 Å². The smallest absolute Gasteiger partial charge is 0.268 e. The largest absolute Gasteiger partial charge is 0.377 e. The first-order valence-electron chi connectivity index (χ1n) is 12.0. The van der Waals surface area contributed by atoms with Gasteiger partial charge in [-0.3, -0.25) is 4.79 Å². The number of rotatable bonds is 4. The highest BCUT2D eigenvalue weighted by atomic mass is 32.2. The van der Waals surface area contributed by atoms with E-state index in [9.17, 15) is 17.6 Å². The van der Waals surface area contributed by atoms with Crippen LogP contribution in [0, 0.1) is 11.2 Å². The second-order valence-electron chi connectivity index (χ2n) is 11.3. The Hall–Kier alpha value is -3.19. The molecule has 0 saturated carbocycles. The van der Waals surface area contributed by atoms with E-state index in [1.807, 2.05) is 10.8 Å². The summed E-state index contributed by atoms with van der Waals surface area (Å²) in [5.41, 5.74) is 5.14. The number of amides is 1. The molecule has 0 aliphatic carbocycles. The van der Waals surface area contributed by atoms with Gasteiger partial charge in [0.05, 0.1) is 17.9 Å². The molecule has 1 atom stereocenters. The van der Waals surface area contributed by atoms with E-state index in [1.165, 1.54) is 11.6 Å². The van der Waals surface area contributed by atoms with Gasteiger partial charge in [0.1, 0.15) is 5.82 Å². The molecule has 0 bridgehead atoms. The molecule has 4 rings (SSSR count). The monoisotopic (exact) mass is 508 g/mol. The average Bonchev–Trinajstić information content (AvgIpc) is 2.76. The van der Waals surface area contributed by atoms with Crippen LogP contribution in [0.15, 0.2) is 60.7 Å². The summed E-state index contributed by atoms with van der Waals surface area (Å²) >= 11 is 0. The van der Waals surface area contributed by atoms with Crippen molar-refractivity contribution in [2.45, 2.75) is 52.5 Å². The quantitative estimate of drug-likeness (QED) is 0.439. The predicted molar refractivity (Wildman–Crippen MR) is 143 cm³/mol. The zero-order valence-corrected chi connectivity index (χ0v) is 22.4. The summed E-state index contributed by atoms with van der Waals surface area (Å²) in [6.07, 6.45) is 1.27. The molecule has 0 saturated heterocycles. The minimum Gasteiger partial charge on any atom is -0.377 e. The number of nitrogens with one attached hydrogen (secondary N) is 2. The van der Waals surface area contributed by atoms with Gasteiger partial charge in [-0.15, -0.1) is 0 Å². The number of hydrogen-bond acceptors (Lipinski definition) is 4. The van der Waals surface area contributed by atoms with Gasteiger partial charge < -0.3 is 5.32 Å². The first kappa shape index (κ1) is 25.9. The number of hydrogen-bond donors (Lipinski definition) is 2. The lowest BCUT2D eigenvalue weighted by molar-refractivity contribution is 0.0976. The Bertz CT molecular complexity index is 1420. The van der Waals surface area contributed by atoms with E-state index >= 15 is 0 Å². The fourth-order valence-corrected chi connectivity index (χ4v) is 5.35. The molecule has 0 spiro atoms. The number of halogens is 1. The van der Waals surface area contributed by atoms with Crippen molar-refractivity contribution >= 4 is 21.6 Å². The average molecular weight is 509 g/mol. The van der Waals surface area contributed by atoms with Gasteiger partial charge in [-0.25, -0.2) is 17.5 Å². The summed E-state index contributed by atoms with van der Waals surface area (Å²) < 4.78 is 39.8. The van der Waals surface area contributed by atoms with E-state index < -0.39 is 27.2 Å². The molecule has 3 aromatic rings. The Morgan fingerprint density at radius 1 is 1.03 bits per heavy atom. The fourth-order valence-electron chi connectivity index (χ4n) is 4.91. The van der Waals surface area contributed by atoms with Crippen LogP contribution in [-0.2, 0) is 21.9 Å². The molecular formula is C29H33FN2O3S. The number of sulfonamides is 1. The third-order valence-electron chi connectivity index (χ3n) is 6.79. The first-order chi connectivity index (χ1) is 16.7. The number of anilines is 1. The highest BCUT2D eigenvalue weighted by molar-refractivity contribution is 7.89. The third kappa shape index (κ3) is 5.31. The van der Waals surface area contributed by atoms with Gasteiger partial charge in [-0.05, 0) is 63.3 Å². The lowest BCUT2D eigenvalue weighted by Crippen LogP contribution is -2.38. The van der Waals surface area contributed by atoms with Crippen molar-refractivity contribution in [1.82, 2.24) is 4.72 Å². The zero-order chi connectivity index (χ0) is 26.5. The summed E-state index contributed by atoms with van der Waals surface area (Å²) in [6.45, 7) is 10.7. The Morgan fingerprint density at radius 2 is 1.69 bits per heavy atom. The van der Waals surface area contributed by atoms with Gasteiger partial charge in [-0.2, -0.15) is 0 Å². The van der Waals surface area contributed by atoms with Crippen molar-refractivity contribution in [2.75, 3.05) is 11.6 Å². The fraction of sp³-hybridized carbons (Fsp3) is 0.345. The topological polar surface area (TPSA) is 75.3 Å². The van der Waals surface area contributed by atoms with Crippen LogP contribution in [0.25, 0.3) is 11.1 Å². The summed E-state index contributed by atoms with van der Waals surface area (Å²) in [6, 6.07) is 19.7. The van der Waals surface area contributed by atoms with Crippen LogP contribution < -0.4 is 10.0 Å². The molecule has 5 nitrogen and oxygen atoms in total. The molecule has 7 heteroatoms. The Kier molecular flexibility index (Phi) is 6.50. The Balaban J connectivity index is 1.70. The third-order valence-corrected chi connectivity index (χ3v) is 7.34.